The van der Waals surface area contributed by atoms with Gasteiger partial charge in [0.1, 0.15) is 0 Å². The molecule has 1 aromatic carbocycles. The van der Waals surface area contributed by atoms with Crippen LogP contribution in [0.5, 0.6) is 0 Å². The van der Waals surface area contributed by atoms with E-state index < -0.39 is 0 Å². The number of nitrogen functional groups attached to an aromatic ring is 1. The van der Waals surface area contributed by atoms with Crippen LogP contribution < -0.4 is 5.73 Å². The van der Waals surface area contributed by atoms with Gasteiger partial charge in [0.15, 0.2) is 0 Å². The van der Waals surface area contributed by atoms with Gasteiger partial charge in [-0.15, -0.1) is 0 Å². The average Bonchev–Trinajstić information content (AvgIpc) is 3.03. The van der Waals surface area contributed by atoms with E-state index in [0.29, 0.717) is 18.0 Å². The molecule has 0 radical (unpaired) electrons. The van der Waals surface area contributed by atoms with Gasteiger partial charge in [-0.05, 0) is 31.0 Å². The van der Waals surface area contributed by atoms with Crippen molar-refractivity contribution in [3.63, 3.8) is 0 Å². The van der Waals surface area contributed by atoms with Crippen molar-refractivity contribution in [2.75, 3.05) is 12.3 Å². The fourth-order valence-electron chi connectivity index (χ4n) is 3.06. The van der Waals surface area contributed by atoms with E-state index in [2.05, 4.69) is 36.0 Å². The highest BCUT2D eigenvalue weighted by Crippen LogP contribution is 2.24. The minimum absolute atomic E-state index is 0.0410. The Balaban J connectivity index is 1.92. The second-order valence-electron chi connectivity index (χ2n) is 6.45. The molecule has 0 saturated heterocycles. The van der Waals surface area contributed by atoms with Crippen LogP contribution in [0.3, 0.4) is 0 Å². The molecule has 124 valence electrons. The largest absolute Gasteiger partial charge is 0.368 e. The van der Waals surface area contributed by atoms with Gasteiger partial charge in [0.05, 0.1) is 11.7 Å². The average molecular weight is 322 g/mol. The Morgan fingerprint density at radius 2 is 2.08 bits per heavy atom. The van der Waals surface area contributed by atoms with Gasteiger partial charge in [0, 0.05) is 23.4 Å². The van der Waals surface area contributed by atoms with Gasteiger partial charge in [-0.1, -0.05) is 38.1 Å². The van der Waals surface area contributed by atoms with Crippen molar-refractivity contribution in [2.45, 2.75) is 26.8 Å². The number of nitrogens with two attached hydrogens (primary N) is 1. The highest BCUT2D eigenvalue weighted by Gasteiger charge is 2.27. The topological polar surface area (TPSA) is 72.1 Å². The zero-order chi connectivity index (χ0) is 17.3. The first-order valence-electron chi connectivity index (χ1n) is 8.15. The number of aryl methyl sites for hydroxylation is 1. The van der Waals surface area contributed by atoms with Crippen LogP contribution in [0, 0.1) is 12.8 Å². The molecule has 0 spiro atoms. The molecule has 5 nitrogen and oxygen atoms in total. The molecule has 24 heavy (non-hydrogen) atoms. The summed E-state index contributed by atoms with van der Waals surface area (Å²) in [5.74, 6) is 0.671. The van der Waals surface area contributed by atoms with Crippen molar-refractivity contribution < 1.29 is 4.79 Å². The number of anilines is 1. The molecule has 3 rings (SSSR count). The first-order valence-corrected chi connectivity index (χ1v) is 8.15. The van der Waals surface area contributed by atoms with E-state index in [-0.39, 0.29) is 17.9 Å². The quantitative estimate of drug-likeness (QED) is 0.882. The Labute approximate surface area is 142 Å². The van der Waals surface area contributed by atoms with Gasteiger partial charge >= 0.3 is 0 Å². The normalized spacial score (nSPS) is 16.8. The maximum Gasteiger partial charge on any atom is 0.254 e. The van der Waals surface area contributed by atoms with Gasteiger partial charge in [-0.2, -0.15) is 0 Å². The smallest absolute Gasteiger partial charge is 0.254 e. The number of aromatic nitrogens is 2. The zero-order valence-corrected chi connectivity index (χ0v) is 14.2. The molecule has 1 aliphatic heterocycles. The lowest BCUT2D eigenvalue weighted by molar-refractivity contribution is 0.0720. The summed E-state index contributed by atoms with van der Waals surface area (Å²) in [4.78, 5) is 23.2. The van der Waals surface area contributed by atoms with Crippen molar-refractivity contribution in [3.8, 4) is 11.3 Å². The van der Waals surface area contributed by atoms with Gasteiger partial charge < -0.3 is 10.6 Å². The van der Waals surface area contributed by atoms with Crippen molar-refractivity contribution in [1.82, 2.24) is 14.9 Å². The molecule has 0 fully saturated rings. The Kier molecular flexibility index (Phi) is 4.34. The lowest BCUT2D eigenvalue weighted by atomic mass is 10.0. The van der Waals surface area contributed by atoms with Crippen LogP contribution in [0.15, 0.2) is 42.5 Å². The molecule has 1 aliphatic rings. The van der Waals surface area contributed by atoms with Crippen molar-refractivity contribution in [3.05, 3.63) is 53.7 Å². The molecule has 0 saturated carbocycles. The van der Waals surface area contributed by atoms with Crippen LogP contribution in [-0.4, -0.2) is 33.4 Å². The summed E-state index contributed by atoms with van der Waals surface area (Å²) < 4.78 is 0. The Hall–Kier alpha value is -2.69. The minimum atomic E-state index is 0.0410. The lowest BCUT2D eigenvalue weighted by Gasteiger charge is -2.27. The summed E-state index contributed by atoms with van der Waals surface area (Å²) in [6, 6.07) is 9.55. The lowest BCUT2D eigenvalue weighted by Crippen LogP contribution is -2.39. The van der Waals surface area contributed by atoms with E-state index in [1.807, 2.05) is 42.2 Å². The summed E-state index contributed by atoms with van der Waals surface area (Å²) in [6.45, 7) is 6.79. The number of carbonyl (C=O) groups is 1. The molecule has 1 amide bonds. The Morgan fingerprint density at radius 3 is 2.79 bits per heavy atom. The van der Waals surface area contributed by atoms with E-state index in [1.165, 1.54) is 0 Å². The van der Waals surface area contributed by atoms with E-state index in [4.69, 9.17) is 5.73 Å². The third kappa shape index (κ3) is 3.15. The van der Waals surface area contributed by atoms with Gasteiger partial charge in [-0.3, -0.25) is 4.79 Å². The summed E-state index contributed by atoms with van der Waals surface area (Å²) in [5, 5.41) is 0. The van der Waals surface area contributed by atoms with Crippen LogP contribution in [0.25, 0.3) is 11.3 Å². The monoisotopic (exact) mass is 322 g/mol. The summed E-state index contributed by atoms with van der Waals surface area (Å²) >= 11 is 0. The fraction of sp³-hybridized carbons (Fsp3) is 0.316. The van der Waals surface area contributed by atoms with E-state index >= 15 is 0 Å². The zero-order valence-electron chi connectivity index (χ0n) is 14.2. The van der Waals surface area contributed by atoms with Crippen molar-refractivity contribution >= 4 is 11.9 Å². The minimum Gasteiger partial charge on any atom is -0.368 e. The highest BCUT2D eigenvalue weighted by atomic mass is 16.2. The van der Waals surface area contributed by atoms with Crippen LogP contribution in [0.1, 0.15) is 29.9 Å². The number of carbonyl (C=O) groups excluding carboxylic acids is 1. The number of nitrogens with zero attached hydrogens (tertiary/aromatic N) is 3. The van der Waals surface area contributed by atoms with Crippen LogP contribution in [0.2, 0.25) is 0 Å². The standard InChI is InChI=1S/C19H22N4O/c1-12(2)17-8-5-9-23(17)18(24)15-7-4-6-14(11-15)16-10-13(3)21-19(20)22-16/h4-8,10-12,17H,9H2,1-3H3,(H2,20,21,22). The van der Waals surface area contributed by atoms with Crippen LogP contribution >= 0.6 is 0 Å². The van der Waals surface area contributed by atoms with Gasteiger partial charge in [-0.25, -0.2) is 9.97 Å². The van der Waals surface area contributed by atoms with E-state index in [9.17, 15) is 4.79 Å². The third-order valence-corrected chi connectivity index (χ3v) is 4.22. The molecular formula is C19H22N4O. The van der Waals surface area contributed by atoms with E-state index in [1.54, 1.807) is 0 Å². The first kappa shape index (κ1) is 16.2. The second kappa shape index (κ2) is 6.43. The van der Waals surface area contributed by atoms with Crippen LogP contribution in [0.4, 0.5) is 5.95 Å². The van der Waals surface area contributed by atoms with Crippen molar-refractivity contribution in [1.29, 1.82) is 0 Å². The number of amides is 1. The Bertz CT molecular complexity index is 777. The molecule has 2 N–H and O–H groups in total. The van der Waals surface area contributed by atoms with Gasteiger partial charge in [0.25, 0.3) is 5.91 Å². The Morgan fingerprint density at radius 1 is 1.29 bits per heavy atom. The fourth-order valence-corrected chi connectivity index (χ4v) is 3.06. The predicted molar refractivity (Wildman–Crippen MR) is 95.4 cm³/mol. The highest BCUT2D eigenvalue weighted by molar-refractivity contribution is 5.96. The number of hydrogen-bond donors (Lipinski definition) is 1. The molecular weight excluding hydrogens is 300 g/mol. The van der Waals surface area contributed by atoms with E-state index in [0.717, 1.165) is 17.0 Å². The number of benzene rings is 1. The molecule has 2 heterocycles. The molecule has 1 unspecified atom stereocenters. The molecule has 1 aromatic heterocycles. The number of hydrogen-bond acceptors (Lipinski definition) is 4. The molecule has 0 aliphatic carbocycles. The van der Waals surface area contributed by atoms with Crippen molar-refractivity contribution in [2.24, 2.45) is 5.92 Å². The van der Waals surface area contributed by atoms with Gasteiger partial charge in [0.2, 0.25) is 5.95 Å². The molecule has 0 bridgehead atoms. The maximum atomic E-state index is 12.9. The molecule has 5 heteroatoms. The molecule has 2 aromatic rings. The summed E-state index contributed by atoms with van der Waals surface area (Å²) in [5.41, 5.74) is 8.81. The summed E-state index contributed by atoms with van der Waals surface area (Å²) in [7, 11) is 0. The number of rotatable bonds is 3. The second-order valence-corrected chi connectivity index (χ2v) is 6.45. The third-order valence-electron chi connectivity index (χ3n) is 4.22. The maximum absolute atomic E-state index is 12.9. The molecule has 1 atom stereocenters. The predicted octanol–water partition coefficient (Wildman–Crippen LogP) is 3.07. The summed E-state index contributed by atoms with van der Waals surface area (Å²) in [6.07, 6.45) is 4.17. The SMILES string of the molecule is Cc1cc(-c2cccc(C(=O)N3CC=CC3C(C)C)c2)nc(N)n1. The first-order chi connectivity index (χ1) is 11.5. The van der Waals surface area contributed by atoms with Crippen LogP contribution in [-0.2, 0) is 0 Å².